The van der Waals surface area contributed by atoms with E-state index in [0.717, 1.165) is 64.2 Å². The summed E-state index contributed by atoms with van der Waals surface area (Å²) >= 11 is 0. The lowest BCUT2D eigenvalue weighted by atomic mass is 9.97. The van der Waals surface area contributed by atoms with E-state index in [1.165, 1.54) is 25.9 Å². The molecule has 0 aromatic rings. The maximum absolute atomic E-state index is 5.16. The Morgan fingerprint density at radius 3 is 2.48 bits per heavy atom. The predicted octanol–water partition coefficient (Wildman–Crippen LogP) is 0.478. The maximum Gasteiger partial charge on any atom is 0.191 e. The number of aliphatic imine (C=N–C) groups is 1. The van der Waals surface area contributed by atoms with Crippen molar-refractivity contribution < 1.29 is 9.47 Å². The lowest BCUT2D eigenvalue weighted by Gasteiger charge is -2.32. The number of methoxy groups -OCH3 is 2. The molecule has 0 spiro atoms. The molecule has 148 valence electrons. The largest absolute Gasteiger partial charge is 0.385 e. The highest BCUT2D eigenvalue weighted by Gasteiger charge is 2.18. The third-order valence-corrected chi connectivity index (χ3v) is 4.77. The van der Waals surface area contributed by atoms with Crippen LogP contribution in [0, 0.1) is 5.92 Å². The molecule has 1 aliphatic heterocycles. The van der Waals surface area contributed by atoms with Crippen molar-refractivity contribution in [2.24, 2.45) is 10.9 Å². The van der Waals surface area contributed by atoms with Gasteiger partial charge in [-0.05, 0) is 45.3 Å². The van der Waals surface area contributed by atoms with Crippen LogP contribution < -0.4 is 10.6 Å². The molecule has 0 bridgehead atoms. The zero-order valence-corrected chi connectivity index (χ0v) is 16.7. The second-order valence-electron chi connectivity index (χ2n) is 6.81. The summed E-state index contributed by atoms with van der Waals surface area (Å²) in [5, 5.41) is 6.89. The van der Waals surface area contributed by atoms with Gasteiger partial charge in [0, 0.05) is 60.6 Å². The van der Waals surface area contributed by atoms with Gasteiger partial charge in [0.25, 0.3) is 0 Å². The lowest BCUT2D eigenvalue weighted by molar-refractivity contribution is 0.121. The number of ether oxygens (including phenoxy) is 2. The SMILES string of the molecule is CN=C(NCCN(C)CCCOC)NCC1CCN(CCOC)CC1. The molecule has 1 fully saturated rings. The second kappa shape index (κ2) is 14.3. The van der Waals surface area contributed by atoms with Crippen LogP contribution in [0.15, 0.2) is 4.99 Å². The molecular formula is C18H39N5O2. The molecular weight excluding hydrogens is 318 g/mol. The van der Waals surface area contributed by atoms with Gasteiger partial charge in [0.05, 0.1) is 6.61 Å². The molecule has 1 saturated heterocycles. The smallest absolute Gasteiger partial charge is 0.191 e. The zero-order valence-electron chi connectivity index (χ0n) is 16.7. The topological polar surface area (TPSA) is 61.4 Å². The molecule has 7 heteroatoms. The molecule has 25 heavy (non-hydrogen) atoms. The van der Waals surface area contributed by atoms with Crippen LogP contribution >= 0.6 is 0 Å². The molecule has 2 N–H and O–H groups in total. The van der Waals surface area contributed by atoms with Crippen LogP contribution in [0.5, 0.6) is 0 Å². The van der Waals surface area contributed by atoms with Crippen LogP contribution in [0.1, 0.15) is 19.3 Å². The summed E-state index contributed by atoms with van der Waals surface area (Å²) in [6.45, 7) is 9.02. The highest BCUT2D eigenvalue weighted by Crippen LogP contribution is 2.15. The van der Waals surface area contributed by atoms with E-state index < -0.39 is 0 Å². The number of likely N-dealkylation sites (N-methyl/N-ethyl adjacent to an activating group) is 1. The molecule has 1 aliphatic rings. The minimum atomic E-state index is 0.731. The first kappa shape index (κ1) is 22.2. The Labute approximate surface area is 154 Å². The fourth-order valence-electron chi connectivity index (χ4n) is 3.05. The number of nitrogens with zero attached hydrogens (tertiary/aromatic N) is 3. The summed E-state index contributed by atoms with van der Waals surface area (Å²) < 4.78 is 10.2. The van der Waals surface area contributed by atoms with Crippen LogP contribution in [0.3, 0.4) is 0 Å². The molecule has 1 rings (SSSR count). The molecule has 0 saturated carbocycles. The minimum Gasteiger partial charge on any atom is -0.385 e. The van der Waals surface area contributed by atoms with Gasteiger partial charge in [-0.25, -0.2) is 0 Å². The van der Waals surface area contributed by atoms with Crippen molar-refractivity contribution in [3.05, 3.63) is 0 Å². The highest BCUT2D eigenvalue weighted by molar-refractivity contribution is 5.79. The summed E-state index contributed by atoms with van der Waals surface area (Å²) in [5.41, 5.74) is 0. The highest BCUT2D eigenvalue weighted by atomic mass is 16.5. The van der Waals surface area contributed by atoms with Crippen molar-refractivity contribution in [2.75, 3.05) is 87.3 Å². The summed E-state index contributed by atoms with van der Waals surface area (Å²) in [7, 11) is 7.50. The van der Waals surface area contributed by atoms with Gasteiger partial charge >= 0.3 is 0 Å². The predicted molar refractivity (Wildman–Crippen MR) is 104 cm³/mol. The van der Waals surface area contributed by atoms with E-state index in [0.29, 0.717) is 0 Å². The van der Waals surface area contributed by atoms with Crippen LogP contribution in [-0.4, -0.2) is 103 Å². The van der Waals surface area contributed by atoms with Gasteiger partial charge in [0.15, 0.2) is 5.96 Å². The molecule has 0 radical (unpaired) electrons. The number of likely N-dealkylation sites (tertiary alicyclic amines) is 1. The van der Waals surface area contributed by atoms with Gasteiger partial charge in [-0.3, -0.25) is 4.99 Å². The fraction of sp³-hybridized carbons (Fsp3) is 0.944. The summed E-state index contributed by atoms with van der Waals surface area (Å²) in [6, 6.07) is 0. The molecule has 0 amide bonds. The van der Waals surface area contributed by atoms with Gasteiger partial charge in [-0.1, -0.05) is 0 Å². The van der Waals surface area contributed by atoms with Crippen molar-refractivity contribution in [1.29, 1.82) is 0 Å². The Balaban J connectivity index is 2.10. The van der Waals surface area contributed by atoms with Crippen LogP contribution in [0.2, 0.25) is 0 Å². The third kappa shape index (κ3) is 10.6. The van der Waals surface area contributed by atoms with Crippen molar-refractivity contribution in [2.45, 2.75) is 19.3 Å². The summed E-state index contributed by atoms with van der Waals surface area (Å²) in [4.78, 5) is 9.14. The van der Waals surface area contributed by atoms with Gasteiger partial charge in [0.1, 0.15) is 0 Å². The Kier molecular flexibility index (Phi) is 12.7. The average molecular weight is 358 g/mol. The van der Waals surface area contributed by atoms with Gasteiger partial charge in [-0.2, -0.15) is 0 Å². The monoisotopic (exact) mass is 357 g/mol. The van der Waals surface area contributed by atoms with Gasteiger partial charge in [-0.15, -0.1) is 0 Å². The first-order chi connectivity index (χ1) is 12.2. The van der Waals surface area contributed by atoms with E-state index >= 15 is 0 Å². The number of rotatable bonds is 12. The van der Waals surface area contributed by atoms with Crippen molar-refractivity contribution >= 4 is 5.96 Å². The van der Waals surface area contributed by atoms with E-state index in [1.807, 2.05) is 7.05 Å². The normalized spacial score (nSPS) is 17.2. The quantitative estimate of drug-likeness (QED) is 0.301. The Bertz CT molecular complexity index is 346. The first-order valence-electron chi connectivity index (χ1n) is 9.52. The number of piperidine rings is 1. The summed E-state index contributed by atoms with van der Waals surface area (Å²) in [6.07, 6.45) is 3.56. The van der Waals surface area contributed by atoms with Crippen LogP contribution in [0.25, 0.3) is 0 Å². The zero-order chi connectivity index (χ0) is 18.3. The van der Waals surface area contributed by atoms with Crippen molar-refractivity contribution in [3.8, 4) is 0 Å². The van der Waals surface area contributed by atoms with Crippen molar-refractivity contribution in [3.63, 3.8) is 0 Å². The molecule has 0 unspecified atom stereocenters. The number of nitrogens with one attached hydrogen (secondary N) is 2. The fourth-order valence-corrected chi connectivity index (χ4v) is 3.05. The van der Waals surface area contributed by atoms with Crippen molar-refractivity contribution in [1.82, 2.24) is 20.4 Å². The number of hydrogen-bond donors (Lipinski definition) is 2. The number of guanidine groups is 1. The van der Waals surface area contributed by atoms with E-state index in [2.05, 4.69) is 32.5 Å². The molecule has 0 atom stereocenters. The van der Waals surface area contributed by atoms with E-state index in [1.54, 1.807) is 14.2 Å². The Hall–Kier alpha value is -0.890. The maximum atomic E-state index is 5.16. The van der Waals surface area contributed by atoms with Gasteiger partial charge < -0.3 is 29.9 Å². The molecule has 0 aromatic carbocycles. The standard InChI is InChI=1S/C18H39N5O2/c1-19-18(20-8-12-22(2)9-5-14-24-3)21-16-17-6-10-23(11-7-17)13-15-25-4/h17H,5-16H2,1-4H3,(H2,19,20,21). The first-order valence-corrected chi connectivity index (χ1v) is 9.52. The lowest BCUT2D eigenvalue weighted by Crippen LogP contribution is -2.44. The molecule has 7 nitrogen and oxygen atoms in total. The van der Waals surface area contributed by atoms with E-state index in [4.69, 9.17) is 9.47 Å². The molecule has 0 aromatic heterocycles. The number of hydrogen-bond acceptors (Lipinski definition) is 5. The van der Waals surface area contributed by atoms with Gasteiger partial charge in [0.2, 0.25) is 0 Å². The Morgan fingerprint density at radius 2 is 1.84 bits per heavy atom. The van der Waals surface area contributed by atoms with Crippen LogP contribution in [0.4, 0.5) is 0 Å². The van der Waals surface area contributed by atoms with E-state index in [-0.39, 0.29) is 0 Å². The molecule has 0 aliphatic carbocycles. The average Bonchev–Trinajstić information content (AvgIpc) is 2.64. The van der Waals surface area contributed by atoms with E-state index in [9.17, 15) is 0 Å². The minimum absolute atomic E-state index is 0.731. The van der Waals surface area contributed by atoms with Crippen LogP contribution in [-0.2, 0) is 9.47 Å². The Morgan fingerprint density at radius 1 is 1.12 bits per heavy atom. The third-order valence-electron chi connectivity index (χ3n) is 4.77. The molecule has 1 heterocycles. The second-order valence-corrected chi connectivity index (χ2v) is 6.81. The summed E-state index contributed by atoms with van der Waals surface area (Å²) in [5.74, 6) is 1.64.